The Kier molecular flexibility index (Phi) is 30.4. The summed E-state index contributed by atoms with van der Waals surface area (Å²) in [5.74, 6) is -0.477. The fourth-order valence-electron chi connectivity index (χ4n) is 12.7. The van der Waals surface area contributed by atoms with Crippen LogP contribution in [0.3, 0.4) is 0 Å². The number of nitrogens with one attached hydrogen (secondary N) is 4. The zero-order valence-electron chi connectivity index (χ0n) is 55.5. The van der Waals surface area contributed by atoms with Crippen LogP contribution in [-0.4, -0.2) is 155 Å². The molecule has 7 rings (SSSR count). The van der Waals surface area contributed by atoms with Crippen molar-refractivity contribution >= 4 is 52.7 Å². The molecule has 0 radical (unpaired) electrons. The summed E-state index contributed by atoms with van der Waals surface area (Å²) in [6.07, 6.45) is 18.9. The van der Waals surface area contributed by atoms with E-state index in [4.69, 9.17) is 24.5 Å². The molecule has 0 spiro atoms. The maximum absolute atomic E-state index is 14.6. The molecule has 2 atom stereocenters. The molecule has 2 bridgehead atoms. The Hall–Kier alpha value is -6.57. The standard InChI is InChI=1S/C70H106N10O10/c1-9-11-13-15-18-22-26-62(81)73-51-29-32-55-58(46-51)70(36-35-65(84)78(6)38-40-87-42-44-89-45-43-88-41-39-79(7)67(85)61-49-54(76-77-71)50-80(61)8)59-47-52(74-63(82)27-23-19-16-14-12-10-2)30-33-56(59)66(55)57-34-31-53(48-60(57)70)75-64(83)28-24-20-17-21-25-37-72-68(86)90-69(3,4)5/h29-34,46-48,54,61,66H,9-28,35-45,49-50H2,1-8H3,(H,72,86)(H,73,81)(H,74,82)(H,75,83)/t54-,61-,66?,70?/m0/s1. The average Bonchev–Trinajstić information content (AvgIpc) is 0.735. The van der Waals surface area contributed by atoms with E-state index in [9.17, 15) is 28.8 Å². The Bertz CT molecular complexity index is 2770. The van der Waals surface area contributed by atoms with E-state index < -0.39 is 17.1 Å². The molecule has 1 saturated heterocycles. The van der Waals surface area contributed by atoms with Crippen LogP contribution in [0.25, 0.3) is 10.4 Å². The summed E-state index contributed by atoms with van der Waals surface area (Å²) >= 11 is 0. The molecule has 0 saturated carbocycles. The maximum Gasteiger partial charge on any atom is 0.407 e. The number of anilines is 3. The number of nitrogens with zero attached hydrogens (tertiary/aromatic N) is 6. The van der Waals surface area contributed by atoms with Gasteiger partial charge in [0.1, 0.15) is 5.60 Å². The number of ether oxygens (including phenoxy) is 4. The molecule has 496 valence electrons. The molecule has 6 amide bonds. The van der Waals surface area contributed by atoms with Gasteiger partial charge in [0, 0.05) is 99.3 Å². The van der Waals surface area contributed by atoms with E-state index >= 15 is 0 Å². The molecule has 0 unspecified atom stereocenters. The third-order valence-electron chi connectivity index (χ3n) is 17.5. The number of alkyl carbamates (subject to hydrolysis) is 1. The number of benzene rings is 3. The van der Waals surface area contributed by atoms with E-state index in [-0.39, 0.29) is 54.0 Å². The van der Waals surface area contributed by atoms with Gasteiger partial charge in [0.05, 0.1) is 51.7 Å². The van der Waals surface area contributed by atoms with Gasteiger partial charge in [-0.1, -0.05) is 121 Å². The normalized spacial score (nSPS) is 17.1. The minimum Gasteiger partial charge on any atom is -0.444 e. The van der Waals surface area contributed by atoms with Crippen LogP contribution < -0.4 is 21.3 Å². The number of likely N-dealkylation sites (N-methyl/N-ethyl adjacent to an activating group) is 3. The zero-order chi connectivity index (χ0) is 64.9. The zero-order valence-corrected chi connectivity index (χ0v) is 55.5. The number of azide groups is 1. The third-order valence-corrected chi connectivity index (χ3v) is 17.5. The van der Waals surface area contributed by atoms with Crippen LogP contribution in [-0.2, 0) is 48.3 Å². The van der Waals surface area contributed by atoms with Crippen molar-refractivity contribution in [2.45, 2.75) is 211 Å². The van der Waals surface area contributed by atoms with E-state index in [1.165, 1.54) is 25.7 Å². The lowest BCUT2D eigenvalue weighted by atomic mass is 9.51. The number of likely N-dealkylation sites (tertiary alicyclic amines) is 1. The van der Waals surface area contributed by atoms with Crippen molar-refractivity contribution in [2.24, 2.45) is 5.11 Å². The lowest BCUT2D eigenvalue weighted by Crippen LogP contribution is -2.43. The van der Waals surface area contributed by atoms with Crippen molar-refractivity contribution < 1.29 is 47.7 Å². The van der Waals surface area contributed by atoms with Gasteiger partial charge in [-0.15, -0.1) is 0 Å². The first-order valence-corrected chi connectivity index (χ1v) is 33.6. The Labute approximate surface area is 536 Å². The molecular weight excluding hydrogens is 1140 g/mol. The molecule has 20 heteroatoms. The Morgan fingerprint density at radius 2 is 1.02 bits per heavy atom. The minimum absolute atomic E-state index is 0.0291. The second-order valence-corrected chi connectivity index (χ2v) is 25.8. The summed E-state index contributed by atoms with van der Waals surface area (Å²) in [5, 5.41) is 16.3. The van der Waals surface area contributed by atoms with E-state index in [1.54, 1.807) is 23.9 Å². The van der Waals surface area contributed by atoms with Crippen molar-refractivity contribution in [1.82, 2.24) is 20.0 Å². The van der Waals surface area contributed by atoms with Crippen LogP contribution in [0.4, 0.5) is 21.9 Å². The quantitative estimate of drug-likeness (QED) is 0.0180. The van der Waals surface area contributed by atoms with Gasteiger partial charge in [-0.05, 0) is 142 Å². The van der Waals surface area contributed by atoms with Crippen LogP contribution >= 0.6 is 0 Å². The Morgan fingerprint density at radius 3 is 1.47 bits per heavy atom. The predicted molar refractivity (Wildman–Crippen MR) is 355 cm³/mol. The Balaban J connectivity index is 1.14. The van der Waals surface area contributed by atoms with Crippen LogP contribution in [0, 0.1) is 0 Å². The topological polar surface area (TPSA) is 246 Å². The number of rotatable bonds is 42. The molecule has 20 nitrogen and oxygen atoms in total. The molecule has 4 aliphatic rings. The number of carbonyl (C=O) groups excluding carboxylic acids is 6. The molecule has 3 aromatic carbocycles. The highest BCUT2D eigenvalue weighted by Gasteiger charge is 2.52. The summed E-state index contributed by atoms with van der Waals surface area (Å²) < 4.78 is 22.8. The van der Waals surface area contributed by atoms with Crippen molar-refractivity contribution in [2.75, 3.05) is 103 Å². The molecule has 1 heterocycles. The first-order chi connectivity index (χ1) is 43.4. The highest BCUT2D eigenvalue weighted by molar-refractivity contribution is 5.94. The summed E-state index contributed by atoms with van der Waals surface area (Å²) in [6.45, 7) is 13.8. The van der Waals surface area contributed by atoms with Crippen LogP contribution in [0.1, 0.15) is 222 Å². The van der Waals surface area contributed by atoms with Crippen molar-refractivity contribution in [1.29, 1.82) is 0 Å². The summed E-state index contributed by atoms with van der Waals surface area (Å²) in [5.41, 5.74) is 15.5. The Morgan fingerprint density at radius 1 is 0.600 bits per heavy atom. The first kappa shape index (κ1) is 72.5. The molecule has 1 fully saturated rings. The SMILES string of the molecule is CCCCCCCCC(=O)Nc1ccc2c(c1)C1(CCC(=O)N(C)CCOCCOCCOCCN(C)C(=O)[C@@H]3C[C@H](N=[N+]=[N-])CN3C)c3cc(NC(=O)CCCCCCCC)ccc3C2c2ccc(NC(=O)CCCCCCCNC(=O)OC(C)(C)C)cc21. The molecule has 3 aliphatic carbocycles. The number of hydrogen-bond acceptors (Lipinski definition) is 12. The maximum atomic E-state index is 14.6. The molecule has 3 aromatic rings. The fraction of sp³-hybridized carbons (Fsp3) is 0.657. The second-order valence-electron chi connectivity index (χ2n) is 25.8. The number of hydrogen-bond donors (Lipinski definition) is 4. The first-order valence-electron chi connectivity index (χ1n) is 33.6. The number of carbonyl (C=O) groups is 6. The van der Waals surface area contributed by atoms with Gasteiger partial charge in [0.2, 0.25) is 29.5 Å². The smallest absolute Gasteiger partial charge is 0.407 e. The summed E-state index contributed by atoms with van der Waals surface area (Å²) in [6, 6.07) is 18.0. The molecule has 0 aromatic heterocycles. The van der Waals surface area contributed by atoms with Gasteiger partial charge in [-0.2, -0.15) is 0 Å². The monoisotopic (exact) mass is 1250 g/mol. The number of unbranched alkanes of at least 4 members (excludes halogenated alkanes) is 14. The fourth-order valence-corrected chi connectivity index (χ4v) is 12.7. The lowest BCUT2D eigenvalue weighted by Gasteiger charge is -2.51. The van der Waals surface area contributed by atoms with Gasteiger partial charge in [0.25, 0.3) is 0 Å². The predicted octanol–water partition coefficient (Wildman–Crippen LogP) is 13.1. The van der Waals surface area contributed by atoms with Crippen molar-refractivity contribution in [3.63, 3.8) is 0 Å². The van der Waals surface area contributed by atoms with Gasteiger partial charge in [-0.3, -0.25) is 28.9 Å². The van der Waals surface area contributed by atoms with E-state index in [0.717, 1.165) is 110 Å². The highest BCUT2D eigenvalue weighted by atomic mass is 16.6. The highest BCUT2D eigenvalue weighted by Crippen LogP contribution is 2.62. The summed E-state index contributed by atoms with van der Waals surface area (Å²) in [7, 11) is 5.39. The molecule has 1 aliphatic heterocycles. The van der Waals surface area contributed by atoms with Gasteiger partial charge in [0.15, 0.2) is 0 Å². The number of amides is 6. The van der Waals surface area contributed by atoms with E-state index in [1.807, 2.05) is 50.9 Å². The second kappa shape index (κ2) is 37.7. The van der Waals surface area contributed by atoms with Crippen molar-refractivity contribution in [3.8, 4) is 0 Å². The minimum atomic E-state index is -0.944. The van der Waals surface area contributed by atoms with E-state index in [2.05, 4.69) is 81.5 Å². The average molecular weight is 1250 g/mol. The largest absolute Gasteiger partial charge is 0.444 e. The van der Waals surface area contributed by atoms with E-state index in [0.29, 0.717) is 121 Å². The van der Waals surface area contributed by atoms with Crippen LogP contribution in [0.5, 0.6) is 0 Å². The molecule has 90 heavy (non-hydrogen) atoms. The van der Waals surface area contributed by atoms with Crippen LogP contribution in [0.15, 0.2) is 59.7 Å². The molecule has 4 N–H and O–H groups in total. The summed E-state index contributed by atoms with van der Waals surface area (Å²) in [4.78, 5) is 88.8. The van der Waals surface area contributed by atoms with Crippen molar-refractivity contribution in [3.05, 3.63) is 98.4 Å². The van der Waals surface area contributed by atoms with Gasteiger partial charge >= 0.3 is 6.09 Å². The van der Waals surface area contributed by atoms with Gasteiger partial charge < -0.3 is 50.0 Å². The lowest BCUT2D eigenvalue weighted by molar-refractivity contribution is -0.135. The van der Waals surface area contributed by atoms with Gasteiger partial charge in [-0.25, -0.2) is 4.79 Å². The third kappa shape index (κ3) is 22.4. The van der Waals surface area contributed by atoms with Crippen LogP contribution in [0.2, 0.25) is 0 Å². The molecular formula is C70H106N10O10.